The van der Waals surface area contributed by atoms with Gasteiger partial charge in [-0.15, -0.1) is 22.7 Å². The standard InChI is InChI=1S/C16H18OS2/c1-3-4-5-6-12(2)14-9-10-16(19-14)15-8-7-13(11-17)18-15/h7-11H,2-6H2,1H3. The number of rotatable bonds is 7. The van der Waals surface area contributed by atoms with E-state index in [4.69, 9.17) is 0 Å². The summed E-state index contributed by atoms with van der Waals surface area (Å²) in [7, 11) is 0. The number of allylic oxidation sites excluding steroid dienone is 1. The molecule has 2 rings (SSSR count). The lowest BCUT2D eigenvalue weighted by Crippen LogP contribution is -1.79. The van der Waals surface area contributed by atoms with E-state index in [0.717, 1.165) is 17.6 Å². The van der Waals surface area contributed by atoms with Gasteiger partial charge in [0.05, 0.1) is 4.88 Å². The fourth-order valence-electron chi connectivity index (χ4n) is 1.92. The summed E-state index contributed by atoms with van der Waals surface area (Å²) in [4.78, 5) is 15.2. The molecule has 0 saturated carbocycles. The first-order chi connectivity index (χ1) is 9.24. The van der Waals surface area contributed by atoms with Crippen LogP contribution in [-0.2, 0) is 0 Å². The molecule has 2 heterocycles. The van der Waals surface area contributed by atoms with Crippen molar-refractivity contribution in [2.24, 2.45) is 0 Å². The number of carbonyl (C=O) groups is 1. The summed E-state index contributed by atoms with van der Waals surface area (Å²) in [6, 6.07) is 8.17. The van der Waals surface area contributed by atoms with Crippen LogP contribution in [0.25, 0.3) is 15.3 Å². The van der Waals surface area contributed by atoms with Gasteiger partial charge in [0.2, 0.25) is 0 Å². The topological polar surface area (TPSA) is 17.1 Å². The minimum atomic E-state index is 0.784. The molecule has 100 valence electrons. The Morgan fingerprint density at radius 1 is 1.16 bits per heavy atom. The Morgan fingerprint density at radius 2 is 1.89 bits per heavy atom. The maximum absolute atomic E-state index is 10.7. The predicted molar refractivity (Wildman–Crippen MR) is 86.2 cm³/mol. The van der Waals surface area contributed by atoms with E-state index in [1.54, 1.807) is 22.7 Å². The molecule has 0 saturated heterocycles. The first-order valence-electron chi connectivity index (χ1n) is 6.58. The summed E-state index contributed by atoms with van der Waals surface area (Å²) in [6.45, 7) is 6.40. The molecule has 19 heavy (non-hydrogen) atoms. The summed E-state index contributed by atoms with van der Waals surface area (Å²) in [6.07, 6.45) is 5.72. The van der Waals surface area contributed by atoms with Gasteiger partial charge in [-0.3, -0.25) is 4.79 Å². The number of thiophene rings is 2. The molecule has 0 aliphatic heterocycles. The second-order valence-corrected chi connectivity index (χ2v) is 6.74. The first kappa shape index (κ1) is 14.2. The van der Waals surface area contributed by atoms with Crippen LogP contribution in [0.4, 0.5) is 0 Å². The van der Waals surface area contributed by atoms with Crippen LogP contribution in [0.1, 0.15) is 47.2 Å². The van der Waals surface area contributed by atoms with Gasteiger partial charge in [-0.1, -0.05) is 26.3 Å². The molecule has 0 unspecified atom stereocenters. The normalized spacial score (nSPS) is 10.6. The van der Waals surface area contributed by atoms with E-state index in [2.05, 4.69) is 25.6 Å². The minimum Gasteiger partial charge on any atom is -0.297 e. The highest BCUT2D eigenvalue weighted by atomic mass is 32.1. The molecule has 0 aliphatic rings. The van der Waals surface area contributed by atoms with E-state index < -0.39 is 0 Å². The van der Waals surface area contributed by atoms with E-state index in [9.17, 15) is 4.79 Å². The van der Waals surface area contributed by atoms with Crippen LogP contribution in [0, 0.1) is 0 Å². The maximum Gasteiger partial charge on any atom is 0.160 e. The zero-order valence-corrected chi connectivity index (χ0v) is 12.8. The average molecular weight is 290 g/mol. The largest absolute Gasteiger partial charge is 0.297 e. The molecule has 1 nitrogen and oxygen atoms in total. The summed E-state index contributed by atoms with van der Waals surface area (Å²) in [5.41, 5.74) is 1.23. The number of unbranched alkanes of at least 4 members (excludes halogenated alkanes) is 2. The Balaban J connectivity index is 2.06. The van der Waals surface area contributed by atoms with Gasteiger partial charge < -0.3 is 0 Å². The van der Waals surface area contributed by atoms with Crippen molar-refractivity contribution in [3.8, 4) is 9.75 Å². The van der Waals surface area contributed by atoms with Gasteiger partial charge in [-0.2, -0.15) is 0 Å². The Kier molecular flexibility index (Phi) is 5.11. The SMILES string of the molecule is C=C(CCCCC)c1ccc(-c2ccc(C=O)s2)s1. The molecule has 2 aromatic heterocycles. The van der Waals surface area contributed by atoms with Crippen molar-refractivity contribution >= 4 is 34.5 Å². The van der Waals surface area contributed by atoms with Crippen LogP contribution in [0.5, 0.6) is 0 Å². The third-order valence-electron chi connectivity index (χ3n) is 3.02. The van der Waals surface area contributed by atoms with Crippen molar-refractivity contribution in [2.75, 3.05) is 0 Å². The molecule has 2 aromatic rings. The molecule has 0 aliphatic carbocycles. The van der Waals surface area contributed by atoms with Gasteiger partial charge in [0.1, 0.15) is 0 Å². The monoisotopic (exact) mass is 290 g/mol. The molecule has 0 N–H and O–H groups in total. The van der Waals surface area contributed by atoms with E-state index in [1.807, 2.05) is 12.1 Å². The molecule has 0 bridgehead atoms. The van der Waals surface area contributed by atoms with Crippen LogP contribution >= 0.6 is 22.7 Å². The third-order valence-corrected chi connectivity index (χ3v) is 5.42. The lowest BCUT2D eigenvalue weighted by Gasteiger charge is -2.01. The fraction of sp³-hybridized carbons (Fsp3) is 0.312. The number of hydrogen-bond acceptors (Lipinski definition) is 3. The number of aldehydes is 1. The summed E-state index contributed by atoms with van der Waals surface area (Å²) in [5.74, 6) is 0. The zero-order valence-electron chi connectivity index (χ0n) is 11.1. The van der Waals surface area contributed by atoms with Crippen LogP contribution in [0.2, 0.25) is 0 Å². The van der Waals surface area contributed by atoms with Crippen molar-refractivity contribution in [1.29, 1.82) is 0 Å². The summed E-state index contributed by atoms with van der Waals surface area (Å²) >= 11 is 3.32. The molecule has 0 fully saturated rings. The van der Waals surface area contributed by atoms with E-state index in [-0.39, 0.29) is 0 Å². The van der Waals surface area contributed by atoms with Gasteiger partial charge in [-0.05, 0) is 42.7 Å². The van der Waals surface area contributed by atoms with Gasteiger partial charge in [-0.25, -0.2) is 0 Å². The second-order valence-electron chi connectivity index (χ2n) is 4.54. The average Bonchev–Trinajstić information content (AvgIpc) is 3.07. The lowest BCUT2D eigenvalue weighted by atomic mass is 10.1. The first-order valence-corrected chi connectivity index (χ1v) is 8.21. The quantitative estimate of drug-likeness (QED) is 0.459. The molecular weight excluding hydrogens is 272 g/mol. The van der Waals surface area contributed by atoms with Crippen molar-refractivity contribution in [3.63, 3.8) is 0 Å². The van der Waals surface area contributed by atoms with E-state index >= 15 is 0 Å². The minimum absolute atomic E-state index is 0.784. The van der Waals surface area contributed by atoms with Gasteiger partial charge in [0, 0.05) is 14.6 Å². The van der Waals surface area contributed by atoms with Crippen LogP contribution in [-0.4, -0.2) is 6.29 Å². The highest BCUT2D eigenvalue weighted by molar-refractivity contribution is 7.23. The zero-order chi connectivity index (χ0) is 13.7. The molecule has 0 atom stereocenters. The maximum atomic E-state index is 10.7. The summed E-state index contributed by atoms with van der Waals surface area (Å²) in [5, 5.41) is 0. The smallest absolute Gasteiger partial charge is 0.160 e. The van der Waals surface area contributed by atoms with Gasteiger partial charge >= 0.3 is 0 Å². The number of hydrogen-bond donors (Lipinski definition) is 0. The second kappa shape index (κ2) is 6.83. The Hall–Kier alpha value is -1.19. The van der Waals surface area contributed by atoms with Crippen LogP contribution in [0.3, 0.4) is 0 Å². The molecule has 3 heteroatoms. The molecule has 0 spiro atoms. The molecule has 0 amide bonds. The third kappa shape index (κ3) is 3.64. The highest BCUT2D eigenvalue weighted by Crippen LogP contribution is 2.36. The molecule has 0 aromatic carbocycles. The van der Waals surface area contributed by atoms with Crippen LogP contribution < -0.4 is 0 Å². The molecular formula is C16H18OS2. The van der Waals surface area contributed by atoms with E-state index in [0.29, 0.717) is 0 Å². The van der Waals surface area contributed by atoms with Crippen LogP contribution in [0.15, 0.2) is 30.8 Å². The van der Waals surface area contributed by atoms with Crippen molar-refractivity contribution in [2.45, 2.75) is 32.6 Å². The predicted octanol–water partition coefficient (Wildman–Crippen LogP) is 5.88. The van der Waals surface area contributed by atoms with Crippen molar-refractivity contribution in [1.82, 2.24) is 0 Å². The number of carbonyl (C=O) groups excluding carboxylic acids is 1. The Labute approximate surface area is 122 Å². The highest BCUT2D eigenvalue weighted by Gasteiger charge is 2.08. The van der Waals surface area contributed by atoms with Gasteiger partial charge in [0.25, 0.3) is 0 Å². The lowest BCUT2D eigenvalue weighted by molar-refractivity contribution is 0.112. The van der Waals surface area contributed by atoms with E-state index in [1.165, 1.54) is 39.5 Å². The molecule has 0 radical (unpaired) electrons. The fourth-order valence-corrected chi connectivity index (χ4v) is 3.84. The summed E-state index contributed by atoms with van der Waals surface area (Å²) < 4.78 is 0. The Morgan fingerprint density at radius 3 is 2.58 bits per heavy atom. The van der Waals surface area contributed by atoms with Crippen molar-refractivity contribution < 1.29 is 4.79 Å². The van der Waals surface area contributed by atoms with Crippen molar-refractivity contribution in [3.05, 3.63) is 40.6 Å². The Bertz CT molecular complexity index is 563. The van der Waals surface area contributed by atoms with Gasteiger partial charge in [0.15, 0.2) is 6.29 Å².